The lowest BCUT2D eigenvalue weighted by Crippen LogP contribution is -2.00. The second kappa shape index (κ2) is 6.29. The number of aryl methyl sites for hydroxylation is 1. The zero-order valence-electron chi connectivity index (χ0n) is 12.6. The van der Waals surface area contributed by atoms with Crippen LogP contribution in [0.25, 0.3) is 5.65 Å². The van der Waals surface area contributed by atoms with Crippen molar-refractivity contribution >= 4 is 34.7 Å². The number of carboxylic acids is 1. The Hall–Kier alpha value is -2.93. The van der Waals surface area contributed by atoms with Gasteiger partial charge in [-0.1, -0.05) is 17.7 Å². The minimum absolute atomic E-state index is 0.0653. The van der Waals surface area contributed by atoms with Crippen molar-refractivity contribution in [1.82, 2.24) is 9.38 Å². The lowest BCUT2D eigenvalue weighted by Gasteiger charge is -2.00. The van der Waals surface area contributed by atoms with E-state index in [1.54, 1.807) is 24.4 Å². The number of aromatic hydroxyl groups is 1. The number of aromatic nitrogens is 2. The summed E-state index contributed by atoms with van der Waals surface area (Å²) in [7, 11) is 0. The SMILES string of the molecule is Cc1ccc(Cl)cc1N=Nc1c(CC(=O)O)nc2c(O)cccn12. The van der Waals surface area contributed by atoms with Crippen LogP contribution in [-0.2, 0) is 11.2 Å². The number of carbonyl (C=O) groups is 1. The molecule has 0 unspecified atom stereocenters. The number of azo groups is 1. The van der Waals surface area contributed by atoms with Gasteiger partial charge in [-0.2, -0.15) is 0 Å². The molecule has 122 valence electrons. The van der Waals surface area contributed by atoms with E-state index < -0.39 is 5.97 Å². The number of hydrogen-bond donors (Lipinski definition) is 2. The predicted molar refractivity (Wildman–Crippen MR) is 88.6 cm³/mol. The van der Waals surface area contributed by atoms with Crippen LogP contribution in [0.2, 0.25) is 5.02 Å². The number of hydrogen-bond acceptors (Lipinski definition) is 5. The maximum Gasteiger partial charge on any atom is 0.309 e. The fourth-order valence-corrected chi connectivity index (χ4v) is 2.41. The Morgan fingerprint density at radius 2 is 2.12 bits per heavy atom. The molecule has 3 aromatic rings. The molecule has 0 radical (unpaired) electrons. The molecule has 0 saturated heterocycles. The van der Waals surface area contributed by atoms with Gasteiger partial charge in [-0.05, 0) is 36.8 Å². The number of benzene rings is 1. The highest BCUT2D eigenvalue weighted by atomic mass is 35.5. The van der Waals surface area contributed by atoms with Gasteiger partial charge in [0, 0.05) is 11.2 Å². The molecule has 0 aliphatic carbocycles. The molecular weight excluding hydrogens is 332 g/mol. The molecular formula is C16H13ClN4O3. The molecule has 0 fully saturated rings. The highest BCUT2D eigenvalue weighted by Gasteiger charge is 2.17. The van der Waals surface area contributed by atoms with Gasteiger partial charge < -0.3 is 10.2 Å². The van der Waals surface area contributed by atoms with Crippen LogP contribution in [0.3, 0.4) is 0 Å². The van der Waals surface area contributed by atoms with E-state index in [0.29, 0.717) is 10.7 Å². The summed E-state index contributed by atoms with van der Waals surface area (Å²) in [6.45, 7) is 1.86. The standard InChI is InChI=1S/C16H13ClN4O3/c1-9-4-5-10(17)7-11(9)19-20-15-12(8-14(23)24)18-16-13(22)3-2-6-21(15)16/h2-7,22H,8H2,1H3,(H,23,24). The van der Waals surface area contributed by atoms with Gasteiger partial charge in [0.05, 0.1) is 17.8 Å². The summed E-state index contributed by atoms with van der Waals surface area (Å²) < 4.78 is 1.50. The van der Waals surface area contributed by atoms with Gasteiger partial charge in [-0.3, -0.25) is 9.20 Å². The van der Waals surface area contributed by atoms with Gasteiger partial charge >= 0.3 is 5.97 Å². The van der Waals surface area contributed by atoms with Crippen molar-refractivity contribution in [3.05, 3.63) is 52.8 Å². The van der Waals surface area contributed by atoms with Crippen LogP contribution in [-0.4, -0.2) is 25.6 Å². The fourth-order valence-electron chi connectivity index (χ4n) is 2.25. The zero-order chi connectivity index (χ0) is 17.3. The molecule has 2 N–H and O–H groups in total. The van der Waals surface area contributed by atoms with Crippen molar-refractivity contribution in [2.75, 3.05) is 0 Å². The maximum atomic E-state index is 11.1. The van der Waals surface area contributed by atoms with E-state index in [2.05, 4.69) is 15.2 Å². The number of nitrogens with zero attached hydrogens (tertiary/aromatic N) is 4. The second-order valence-electron chi connectivity index (χ2n) is 5.17. The molecule has 0 saturated carbocycles. The van der Waals surface area contributed by atoms with Gasteiger partial charge in [0.15, 0.2) is 17.2 Å². The topological polar surface area (TPSA) is 99.5 Å². The van der Waals surface area contributed by atoms with Gasteiger partial charge in [0.2, 0.25) is 0 Å². The largest absolute Gasteiger partial charge is 0.504 e. The molecule has 1 aromatic carbocycles. The third-order valence-electron chi connectivity index (χ3n) is 3.42. The van der Waals surface area contributed by atoms with Crippen LogP contribution >= 0.6 is 11.6 Å². The Morgan fingerprint density at radius 3 is 2.88 bits per heavy atom. The quantitative estimate of drug-likeness (QED) is 0.697. The van der Waals surface area contributed by atoms with Crippen molar-refractivity contribution in [2.24, 2.45) is 10.2 Å². The van der Waals surface area contributed by atoms with E-state index in [9.17, 15) is 9.90 Å². The Morgan fingerprint density at radius 1 is 1.33 bits per heavy atom. The lowest BCUT2D eigenvalue weighted by atomic mass is 10.2. The number of imidazole rings is 1. The molecule has 0 aliphatic heterocycles. The fraction of sp³-hybridized carbons (Fsp3) is 0.125. The number of fused-ring (bicyclic) bond motifs is 1. The Bertz CT molecular complexity index is 965. The maximum absolute atomic E-state index is 11.1. The minimum atomic E-state index is -1.05. The van der Waals surface area contributed by atoms with Crippen LogP contribution < -0.4 is 0 Å². The van der Waals surface area contributed by atoms with E-state index in [1.807, 2.05) is 13.0 Å². The molecule has 8 heteroatoms. The first-order chi connectivity index (χ1) is 11.5. The van der Waals surface area contributed by atoms with Crippen LogP contribution in [0.4, 0.5) is 11.5 Å². The summed E-state index contributed by atoms with van der Waals surface area (Å²) >= 11 is 5.96. The van der Waals surface area contributed by atoms with Crippen molar-refractivity contribution in [1.29, 1.82) is 0 Å². The molecule has 0 aliphatic rings. The summed E-state index contributed by atoms with van der Waals surface area (Å²) in [5.41, 5.74) is 1.89. The summed E-state index contributed by atoms with van der Waals surface area (Å²) in [5.74, 6) is -0.861. The Kier molecular flexibility index (Phi) is 4.18. The third kappa shape index (κ3) is 3.07. The van der Waals surface area contributed by atoms with E-state index in [4.69, 9.17) is 16.7 Å². The number of carboxylic acid groups (broad SMARTS) is 1. The number of aliphatic carboxylic acids is 1. The molecule has 3 rings (SSSR count). The van der Waals surface area contributed by atoms with E-state index in [0.717, 1.165) is 5.56 Å². The molecule has 2 aromatic heterocycles. The van der Waals surface area contributed by atoms with Crippen molar-refractivity contribution in [3.63, 3.8) is 0 Å². The predicted octanol–water partition coefficient (Wildman–Crippen LogP) is 4.04. The third-order valence-corrected chi connectivity index (χ3v) is 3.65. The highest BCUT2D eigenvalue weighted by molar-refractivity contribution is 6.30. The van der Waals surface area contributed by atoms with Crippen molar-refractivity contribution < 1.29 is 15.0 Å². The lowest BCUT2D eigenvalue weighted by molar-refractivity contribution is -0.136. The van der Waals surface area contributed by atoms with Gasteiger partial charge in [-0.25, -0.2) is 4.98 Å². The average Bonchev–Trinajstić information content (AvgIpc) is 2.86. The first kappa shape index (κ1) is 15.9. The number of pyridine rings is 1. The molecule has 0 atom stereocenters. The Balaban J connectivity index is 2.13. The molecule has 0 bridgehead atoms. The van der Waals surface area contributed by atoms with Crippen LogP contribution in [0.1, 0.15) is 11.3 Å². The molecule has 0 spiro atoms. The van der Waals surface area contributed by atoms with Crippen LogP contribution in [0.5, 0.6) is 5.75 Å². The highest BCUT2D eigenvalue weighted by Crippen LogP contribution is 2.30. The van der Waals surface area contributed by atoms with E-state index >= 15 is 0 Å². The first-order valence-corrected chi connectivity index (χ1v) is 7.42. The van der Waals surface area contributed by atoms with E-state index in [1.165, 1.54) is 10.5 Å². The molecule has 24 heavy (non-hydrogen) atoms. The van der Waals surface area contributed by atoms with Crippen molar-refractivity contribution in [2.45, 2.75) is 13.3 Å². The van der Waals surface area contributed by atoms with Crippen molar-refractivity contribution in [3.8, 4) is 5.75 Å². The minimum Gasteiger partial charge on any atom is -0.504 e. The monoisotopic (exact) mass is 344 g/mol. The smallest absolute Gasteiger partial charge is 0.309 e. The number of rotatable bonds is 4. The summed E-state index contributed by atoms with van der Waals surface area (Å²) in [4.78, 5) is 15.2. The van der Waals surface area contributed by atoms with E-state index in [-0.39, 0.29) is 29.3 Å². The summed E-state index contributed by atoms with van der Waals surface area (Å²) in [5, 5.41) is 27.8. The second-order valence-corrected chi connectivity index (χ2v) is 5.61. The van der Waals surface area contributed by atoms with Crippen LogP contribution in [0.15, 0.2) is 46.8 Å². The normalized spacial score (nSPS) is 11.4. The average molecular weight is 345 g/mol. The molecule has 0 amide bonds. The molecule has 2 heterocycles. The Labute approximate surface area is 141 Å². The number of halogens is 1. The van der Waals surface area contributed by atoms with Crippen LogP contribution in [0, 0.1) is 6.92 Å². The van der Waals surface area contributed by atoms with Gasteiger partial charge in [-0.15, -0.1) is 10.2 Å². The zero-order valence-corrected chi connectivity index (χ0v) is 13.4. The molecule has 7 nitrogen and oxygen atoms in total. The van der Waals surface area contributed by atoms with Gasteiger partial charge in [0.25, 0.3) is 0 Å². The summed E-state index contributed by atoms with van der Waals surface area (Å²) in [6, 6.07) is 8.30. The summed E-state index contributed by atoms with van der Waals surface area (Å²) in [6.07, 6.45) is 1.30. The first-order valence-electron chi connectivity index (χ1n) is 7.04. The van der Waals surface area contributed by atoms with Gasteiger partial charge in [0.1, 0.15) is 0 Å².